The van der Waals surface area contributed by atoms with Crippen LogP contribution in [0.1, 0.15) is 255 Å². The van der Waals surface area contributed by atoms with Crippen molar-refractivity contribution in [3.63, 3.8) is 0 Å². The van der Waals surface area contributed by atoms with Gasteiger partial charge in [0.25, 0.3) is 0 Å². The van der Waals surface area contributed by atoms with Crippen LogP contribution in [0.4, 0.5) is 0 Å². The van der Waals surface area contributed by atoms with Gasteiger partial charge in [-0.2, -0.15) is 0 Å². The molecule has 0 fully saturated rings. The molecule has 2 nitrogen and oxygen atoms in total. The zero-order valence-electron chi connectivity index (χ0n) is 45.1. The van der Waals surface area contributed by atoms with Gasteiger partial charge in [0.2, 0.25) is 0 Å². The Kier molecular flexibility index (Phi) is 34.0. The van der Waals surface area contributed by atoms with Crippen LogP contribution in [0.25, 0.3) is 0 Å². The van der Waals surface area contributed by atoms with E-state index in [1.54, 1.807) is 14.2 Å². The Morgan fingerprint density at radius 2 is 0.597 bits per heavy atom. The fourth-order valence-corrected chi connectivity index (χ4v) is 9.55. The Hall–Kier alpha value is 0.554. The summed E-state index contributed by atoms with van der Waals surface area (Å²) in [6.07, 6.45) is 4.17. The molecule has 2 rings (SSSR count). The molecule has 0 bridgehead atoms. The molecule has 0 aromatic heterocycles. The molecule has 0 amide bonds. The number of halogens is 6. The van der Waals surface area contributed by atoms with Crippen molar-refractivity contribution in [2.75, 3.05) is 14.2 Å². The van der Waals surface area contributed by atoms with Crippen molar-refractivity contribution in [3.05, 3.63) is 81.9 Å². The summed E-state index contributed by atoms with van der Waals surface area (Å²) in [4.78, 5) is -0.385. The van der Waals surface area contributed by atoms with Crippen LogP contribution in [0, 0.1) is 10.8 Å². The first-order chi connectivity index (χ1) is 27.3. The van der Waals surface area contributed by atoms with Crippen molar-refractivity contribution in [1.82, 2.24) is 0 Å². The first-order valence-corrected chi connectivity index (χ1v) is 31.9. The number of rotatable bonds is 14. The average molecular weight is 1100 g/mol. The van der Waals surface area contributed by atoms with Gasteiger partial charge in [0.1, 0.15) is 0 Å². The minimum atomic E-state index is -3.11. The molecule has 0 saturated carbocycles. The third-order valence-corrected chi connectivity index (χ3v) is 11.5. The van der Waals surface area contributed by atoms with Gasteiger partial charge in [-0.25, -0.2) is 0 Å². The number of alkyl halides is 2. The number of benzene rings is 2. The van der Waals surface area contributed by atoms with Crippen LogP contribution < -0.4 is 0 Å². The van der Waals surface area contributed by atoms with Crippen LogP contribution in [0.5, 0.6) is 0 Å². The number of hydrogen-bond donors (Lipinski definition) is 0. The van der Waals surface area contributed by atoms with Crippen molar-refractivity contribution < 1.29 is 21.8 Å². The molecule has 67 heavy (non-hydrogen) atoms. The predicted molar refractivity (Wildman–Crippen MR) is 313 cm³/mol. The zero-order valence-corrected chi connectivity index (χ0v) is 51.2. The number of methoxy groups -OCH3 is 2. The van der Waals surface area contributed by atoms with Gasteiger partial charge >= 0.3 is 49.6 Å². The van der Waals surface area contributed by atoms with Crippen LogP contribution in [0.2, 0.25) is 0 Å². The summed E-state index contributed by atoms with van der Waals surface area (Å²) in [7, 11) is 23.6. The van der Waals surface area contributed by atoms with Crippen LogP contribution in [-0.2, 0) is 54.7 Å². The van der Waals surface area contributed by atoms with Gasteiger partial charge in [0, 0.05) is 24.0 Å². The maximum atomic E-state index is 6.66. The molecule has 400 valence electrons. The monoisotopic (exact) mass is 1100 g/mol. The SMILES string of the molecule is C.C.C.C.C=C(C)C.CC(C)(Cl)CC(C)(C)CC(C)(C)c1cc(C(C)(C)C)cc(C(C)(C)CC(C)(C)CC(C)(C)Cl)c1.COC(C)(C)c1cc(C(C)(C)C)cc(C(C)(C)OC)c1.[Cl][Ti]([Cl])([Cl])[Cl]. The van der Waals surface area contributed by atoms with Crippen LogP contribution in [0.3, 0.4) is 0 Å². The summed E-state index contributed by atoms with van der Waals surface area (Å²) in [6, 6.07) is 14.1. The predicted octanol–water partition coefficient (Wildman–Crippen LogP) is 22.8. The van der Waals surface area contributed by atoms with Gasteiger partial charge in [-0.1, -0.05) is 169 Å². The van der Waals surface area contributed by atoms with Crippen molar-refractivity contribution >= 4 is 60.4 Å². The molecular weight excluding hydrogens is 989 g/mol. The summed E-state index contributed by atoms with van der Waals surface area (Å²) in [5, 5.41) is 0. The number of ether oxygens (including phenoxy) is 2. The first-order valence-electron chi connectivity index (χ1n) is 22.5. The molecule has 0 aliphatic rings. The van der Waals surface area contributed by atoms with Gasteiger partial charge in [0.05, 0.1) is 11.2 Å². The first kappa shape index (κ1) is 79.0. The Morgan fingerprint density at radius 3 is 0.776 bits per heavy atom. The van der Waals surface area contributed by atoms with E-state index in [4.69, 9.17) is 69.9 Å². The van der Waals surface area contributed by atoms with Gasteiger partial charge in [-0.3, -0.25) is 0 Å². The molecule has 9 heteroatoms. The number of allylic oxidation sites excluding steroid dienone is 1. The van der Waals surface area contributed by atoms with Gasteiger partial charge in [-0.15, -0.1) is 29.8 Å². The fourth-order valence-electron chi connectivity index (χ4n) is 8.83. The molecule has 0 saturated heterocycles. The summed E-state index contributed by atoms with van der Waals surface area (Å²) >= 11 is 10.2. The average Bonchev–Trinajstić information content (AvgIpc) is 2.99. The van der Waals surface area contributed by atoms with Crippen molar-refractivity contribution in [1.29, 1.82) is 0 Å². The van der Waals surface area contributed by atoms with Crippen molar-refractivity contribution in [2.45, 2.75) is 264 Å². The Morgan fingerprint density at radius 1 is 0.418 bits per heavy atom. The summed E-state index contributed by atoms with van der Waals surface area (Å²) in [5.74, 6) is 0. The Labute approximate surface area is 449 Å². The van der Waals surface area contributed by atoms with E-state index in [2.05, 4.69) is 195 Å². The van der Waals surface area contributed by atoms with E-state index in [0.717, 1.165) is 25.7 Å². The van der Waals surface area contributed by atoms with E-state index in [1.807, 2.05) is 13.8 Å². The molecule has 0 radical (unpaired) electrons. The topological polar surface area (TPSA) is 18.5 Å². The van der Waals surface area contributed by atoms with Crippen molar-refractivity contribution in [2.24, 2.45) is 10.8 Å². The summed E-state index contributed by atoms with van der Waals surface area (Å²) < 4.78 is 11.3. The quantitative estimate of drug-likeness (QED) is 0.107. The molecule has 0 heterocycles. The standard InChI is InChI=1S/C32H56Cl2.C18H30O2.C4H8.4CH4.4ClH.Ti/c1-26(2,3)23-16-24(29(8,9)19-27(4,5)21-31(12,13)33)18-25(17-23)30(10,11)20-28(6,7)22-32(14,15)34;1-16(2,3)13-10-14(17(4,5)19-8)12-15(11-13)18(6,7)20-9;1-4(2)3;;;;;;;;;/h16-18H,19-22H2,1-15H3;10-12H,1-9H3;1H2,2-3H3;4*1H4;4*1H;/q;;;;;;;;;;;+4/p-4. The van der Waals surface area contributed by atoms with Crippen LogP contribution in [0.15, 0.2) is 48.6 Å². The van der Waals surface area contributed by atoms with Gasteiger partial charge < -0.3 is 9.47 Å². The second-order valence-corrected chi connectivity index (χ2v) is 42.9. The molecule has 2 aromatic rings. The summed E-state index contributed by atoms with van der Waals surface area (Å²) in [6.45, 7) is 57.2. The van der Waals surface area contributed by atoms with E-state index >= 15 is 0 Å². The van der Waals surface area contributed by atoms with Gasteiger partial charge in [0.15, 0.2) is 0 Å². The fraction of sp³-hybridized carbons (Fsp3) is 0.759. The second-order valence-electron chi connectivity index (χ2n) is 25.4. The van der Waals surface area contributed by atoms with E-state index < -0.39 is 12.3 Å². The molecule has 0 aliphatic heterocycles. The second kappa shape index (κ2) is 28.9. The minimum absolute atomic E-state index is 0. The van der Waals surface area contributed by atoms with Gasteiger partial charge in [-0.05, 0) is 161 Å². The third-order valence-electron chi connectivity index (χ3n) is 11.2. The molecular formula is C58H110Cl6O2Ti. The molecule has 0 spiro atoms. The van der Waals surface area contributed by atoms with Crippen LogP contribution >= 0.6 is 60.4 Å². The summed E-state index contributed by atoms with van der Waals surface area (Å²) in [5.41, 5.74) is 9.13. The van der Waals surface area contributed by atoms with E-state index in [-0.39, 0.29) is 83.1 Å². The molecule has 0 aliphatic carbocycles. The normalized spacial score (nSPS) is 13.0. The maximum absolute atomic E-state index is 6.66. The Balaban J connectivity index is -0.000000239. The number of hydrogen-bond acceptors (Lipinski definition) is 2. The van der Waals surface area contributed by atoms with E-state index in [1.165, 1.54) is 39.0 Å². The van der Waals surface area contributed by atoms with E-state index in [0.29, 0.717) is 0 Å². The molecule has 0 atom stereocenters. The molecule has 2 aromatic carbocycles. The molecule has 0 unspecified atom stereocenters. The van der Waals surface area contributed by atoms with Crippen molar-refractivity contribution in [3.8, 4) is 0 Å². The Bertz CT molecular complexity index is 1620. The van der Waals surface area contributed by atoms with Crippen LogP contribution in [-0.4, -0.2) is 24.0 Å². The van der Waals surface area contributed by atoms with E-state index in [9.17, 15) is 0 Å². The zero-order chi connectivity index (χ0) is 51.0. The molecule has 0 N–H and O–H groups in total. The third kappa shape index (κ3) is 33.8.